The first kappa shape index (κ1) is 18.7. The molecule has 6 nitrogen and oxygen atoms in total. The van der Waals surface area contributed by atoms with Crippen LogP contribution in [0.5, 0.6) is 0 Å². The number of thiophene rings is 1. The minimum absolute atomic E-state index is 0.0758. The quantitative estimate of drug-likeness (QED) is 0.752. The minimum Gasteiger partial charge on any atom is -0.311 e. The molecule has 3 fully saturated rings. The third-order valence-corrected chi connectivity index (χ3v) is 7.98. The molecule has 2 N–H and O–H groups in total. The molecule has 0 bridgehead atoms. The van der Waals surface area contributed by atoms with Crippen molar-refractivity contribution < 1.29 is 4.79 Å². The average Bonchev–Trinajstić information content (AvgIpc) is 3.58. The van der Waals surface area contributed by atoms with Crippen LogP contribution in [0.1, 0.15) is 63.1 Å². The summed E-state index contributed by atoms with van der Waals surface area (Å²) in [7, 11) is 0. The van der Waals surface area contributed by atoms with Crippen LogP contribution < -0.4 is 10.6 Å². The van der Waals surface area contributed by atoms with E-state index in [4.69, 9.17) is 0 Å². The van der Waals surface area contributed by atoms with Crippen molar-refractivity contribution in [1.29, 1.82) is 0 Å². The Bertz CT molecular complexity index is 866. The fourth-order valence-electron chi connectivity index (χ4n) is 4.38. The zero-order valence-electron chi connectivity index (χ0n) is 16.4. The number of likely N-dealkylation sites (tertiary alicyclic amines) is 1. The first-order valence-corrected chi connectivity index (χ1v) is 11.9. The van der Waals surface area contributed by atoms with Gasteiger partial charge in [0.25, 0.3) is 5.91 Å². The SMILES string of the molecule is Cc1nnc(NC(=O)c2cc(C3CC3NC3CCN(C4CC4)CC3)c(C)s2)s1. The van der Waals surface area contributed by atoms with Gasteiger partial charge in [0, 0.05) is 28.9 Å². The van der Waals surface area contributed by atoms with Crippen molar-refractivity contribution in [3.05, 3.63) is 26.4 Å². The number of hydrogen-bond acceptors (Lipinski definition) is 7. The molecule has 0 radical (unpaired) electrons. The predicted octanol–water partition coefficient (Wildman–Crippen LogP) is 3.54. The van der Waals surface area contributed by atoms with Crippen LogP contribution in [0.25, 0.3) is 0 Å². The van der Waals surface area contributed by atoms with E-state index in [-0.39, 0.29) is 5.91 Å². The second kappa shape index (κ2) is 7.48. The number of carbonyl (C=O) groups is 1. The van der Waals surface area contributed by atoms with Gasteiger partial charge in [-0.25, -0.2) is 0 Å². The second-order valence-corrected chi connectivity index (χ2v) is 10.8. The average molecular weight is 418 g/mol. The zero-order valence-corrected chi connectivity index (χ0v) is 18.0. The molecule has 2 aromatic rings. The molecule has 3 aliphatic rings. The number of aryl methyl sites for hydroxylation is 2. The van der Waals surface area contributed by atoms with Gasteiger partial charge in [-0.1, -0.05) is 11.3 Å². The highest BCUT2D eigenvalue weighted by Gasteiger charge is 2.42. The monoisotopic (exact) mass is 417 g/mol. The lowest BCUT2D eigenvalue weighted by Crippen LogP contribution is -2.44. The number of amides is 1. The Kier molecular flexibility index (Phi) is 4.99. The maximum atomic E-state index is 12.5. The van der Waals surface area contributed by atoms with Gasteiger partial charge in [-0.2, -0.15) is 0 Å². The highest BCUT2D eigenvalue weighted by Crippen LogP contribution is 2.45. The molecule has 8 heteroatoms. The molecule has 5 rings (SSSR count). The van der Waals surface area contributed by atoms with Gasteiger partial charge in [0.15, 0.2) is 0 Å². The normalized spacial score (nSPS) is 25.8. The largest absolute Gasteiger partial charge is 0.311 e. The number of rotatable bonds is 6. The van der Waals surface area contributed by atoms with E-state index in [0.717, 1.165) is 15.9 Å². The number of anilines is 1. The van der Waals surface area contributed by atoms with E-state index in [0.29, 0.717) is 23.1 Å². The molecule has 0 aromatic carbocycles. The van der Waals surface area contributed by atoms with Gasteiger partial charge >= 0.3 is 0 Å². The summed E-state index contributed by atoms with van der Waals surface area (Å²) in [6.07, 6.45) is 6.56. The Morgan fingerprint density at radius 3 is 2.61 bits per heavy atom. The smallest absolute Gasteiger partial charge is 0.267 e. The van der Waals surface area contributed by atoms with Gasteiger partial charge in [-0.15, -0.1) is 21.5 Å². The molecule has 2 aromatic heterocycles. The molecule has 0 spiro atoms. The number of piperidine rings is 1. The van der Waals surface area contributed by atoms with E-state index < -0.39 is 0 Å². The highest BCUT2D eigenvalue weighted by molar-refractivity contribution is 7.16. The Balaban J connectivity index is 1.16. The summed E-state index contributed by atoms with van der Waals surface area (Å²) in [4.78, 5) is 17.2. The van der Waals surface area contributed by atoms with Crippen LogP contribution in [-0.4, -0.2) is 52.2 Å². The summed E-state index contributed by atoms with van der Waals surface area (Å²) in [5, 5.41) is 16.1. The summed E-state index contributed by atoms with van der Waals surface area (Å²) < 4.78 is 0. The van der Waals surface area contributed by atoms with Crippen LogP contribution in [0, 0.1) is 13.8 Å². The lowest BCUT2D eigenvalue weighted by molar-refractivity contribution is 0.103. The van der Waals surface area contributed by atoms with E-state index in [1.807, 2.05) is 6.92 Å². The van der Waals surface area contributed by atoms with Crippen LogP contribution in [0.2, 0.25) is 0 Å². The molecule has 150 valence electrons. The van der Waals surface area contributed by atoms with Gasteiger partial charge in [-0.05, 0) is 70.7 Å². The standard InChI is InChI=1S/C20H27N5OS2/c1-11-15(10-18(27-11)19(26)22-20-24-23-12(2)28-20)16-9-17(16)21-13-5-7-25(8-6-13)14-3-4-14/h10,13-14,16-17,21H,3-9H2,1-2H3,(H,22,24,26). The number of hydrogen-bond donors (Lipinski definition) is 2. The Hall–Kier alpha value is -1.35. The van der Waals surface area contributed by atoms with Crippen LogP contribution in [0.4, 0.5) is 5.13 Å². The topological polar surface area (TPSA) is 70.1 Å². The van der Waals surface area contributed by atoms with E-state index in [9.17, 15) is 4.79 Å². The lowest BCUT2D eigenvalue weighted by Gasteiger charge is -2.32. The molecular weight excluding hydrogens is 390 g/mol. The number of aromatic nitrogens is 2. The maximum absolute atomic E-state index is 12.5. The van der Waals surface area contributed by atoms with Crippen molar-refractivity contribution in [3.8, 4) is 0 Å². The van der Waals surface area contributed by atoms with E-state index >= 15 is 0 Å². The maximum Gasteiger partial charge on any atom is 0.267 e. The Morgan fingerprint density at radius 1 is 1.14 bits per heavy atom. The molecular formula is C20H27N5OS2. The first-order valence-electron chi connectivity index (χ1n) is 10.3. The molecule has 1 aliphatic heterocycles. The van der Waals surface area contributed by atoms with Crippen LogP contribution in [-0.2, 0) is 0 Å². The summed E-state index contributed by atoms with van der Waals surface area (Å²) >= 11 is 2.99. The highest BCUT2D eigenvalue weighted by atomic mass is 32.1. The van der Waals surface area contributed by atoms with Crippen LogP contribution in [0.3, 0.4) is 0 Å². The van der Waals surface area contributed by atoms with Crippen LogP contribution in [0.15, 0.2) is 6.07 Å². The Labute approximate surface area is 173 Å². The van der Waals surface area contributed by atoms with Gasteiger partial charge in [-0.3, -0.25) is 10.1 Å². The number of nitrogens with zero attached hydrogens (tertiary/aromatic N) is 3. The fourth-order valence-corrected chi connectivity index (χ4v) is 5.95. The third-order valence-electron chi connectivity index (χ3n) is 6.16. The van der Waals surface area contributed by atoms with Crippen molar-refractivity contribution in [2.45, 2.75) is 70.0 Å². The number of carbonyl (C=O) groups excluding carboxylic acids is 1. The van der Waals surface area contributed by atoms with Crippen molar-refractivity contribution in [3.63, 3.8) is 0 Å². The molecule has 2 saturated carbocycles. The van der Waals surface area contributed by atoms with Crippen molar-refractivity contribution >= 4 is 33.7 Å². The second-order valence-electron chi connectivity index (χ2n) is 8.36. The van der Waals surface area contributed by atoms with Gasteiger partial charge in [0.05, 0.1) is 4.88 Å². The molecule has 1 saturated heterocycles. The van der Waals surface area contributed by atoms with Crippen molar-refractivity contribution in [2.24, 2.45) is 0 Å². The fraction of sp³-hybridized carbons (Fsp3) is 0.650. The summed E-state index contributed by atoms with van der Waals surface area (Å²) in [6.45, 7) is 6.53. The minimum atomic E-state index is -0.0758. The molecule has 1 amide bonds. The third kappa shape index (κ3) is 4.01. The van der Waals surface area contributed by atoms with Crippen molar-refractivity contribution in [2.75, 3.05) is 18.4 Å². The Morgan fingerprint density at radius 2 is 1.93 bits per heavy atom. The zero-order chi connectivity index (χ0) is 19.3. The molecule has 2 atom stereocenters. The lowest BCUT2D eigenvalue weighted by atomic mass is 10.0. The van der Waals surface area contributed by atoms with E-state index in [1.165, 1.54) is 67.0 Å². The predicted molar refractivity (Wildman–Crippen MR) is 114 cm³/mol. The van der Waals surface area contributed by atoms with Gasteiger partial charge < -0.3 is 10.2 Å². The summed E-state index contributed by atoms with van der Waals surface area (Å²) in [5.41, 5.74) is 1.34. The summed E-state index contributed by atoms with van der Waals surface area (Å²) in [6, 6.07) is 4.22. The molecule has 28 heavy (non-hydrogen) atoms. The molecule has 3 heterocycles. The van der Waals surface area contributed by atoms with E-state index in [1.54, 1.807) is 11.3 Å². The molecule has 2 aliphatic carbocycles. The van der Waals surface area contributed by atoms with Gasteiger partial charge in [0.1, 0.15) is 5.01 Å². The van der Waals surface area contributed by atoms with E-state index in [2.05, 4.69) is 38.7 Å². The van der Waals surface area contributed by atoms with Gasteiger partial charge in [0.2, 0.25) is 5.13 Å². The van der Waals surface area contributed by atoms with Crippen LogP contribution >= 0.6 is 22.7 Å². The number of nitrogens with one attached hydrogen (secondary N) is 2. The van der Waals surface area contributed by atoms with Crippen molar-refractivity contribution in [1.82, 2.24) is 20.4 Å². The molecule has 2 unspecified atom stereocenters. The first-order chi connectivity index (χ1) is 13.6. The summed E-state index contributed by atoms with van der Waals surface area (Å²) in [5.74, 6) is 0.483.